The van der Waals surface area contributed by atoms with E-state index in [0.717, 1.165) is 12.3 Å². The lowest BCUT2D eigenvalue weighted by Crippen LogP contribution is -2.31. The summed E-state index contributed by atoms with van der Waals surface area (Å²) in [5.74, 6) is -1.43. The number of hydrogen-bond donors (Lipinski definition) is 1. The van der Waals surface area contributed by atoms with E-state index < -0.39 is 18.4 Å². The first-order chi connectivity index (χ1) is 5.54. The molecule has 0 rings (SSSR count). The lowest BCUT2D eigenvalue weighted by molar-refractivity contribution is -0.0905. The molecule has 0 aliphatic rings. The Kier molecular flexibility index (Phi) is 4.45. The molecule has 1 nitrogen and oxygen atoms in total. The normalized spacial score (nSPS) is 13.0. The van der Waals surface area contributed by atoms with E-state index in [0.29, 0.717) is 0 Å². The zero-order valence-corrected chi connectivity index (χ0v) is 6.36. The van der Waals surface area contributed by atoms with E-state index in [2.05, 4.69) is 6.58 Å². The van der Waals surface area contributed by atoms with Gasteiger partial charge in [0.25, 0.3) is 5.92 Å². The third-order valence-corrected chi connectivity index (χ3v) is 1.31. The van der Waals surface area contributed by atoms with Gasteiger partial charge in [-0.25, -0.2) is 8.78 Å². The topological polar surface area (TPSA) is 20.2 Å². The Morgan fingerprint density at radius 3 is 2.58 bits per heavy atom. The van der Waals surface area contributed by atoms with Crippen LogP contribution in [0.2, 0.25) is 0 Å². The van der Waals surface area contributed by atoms with Crippen molar-refractivity contribution in [3.05, 3.63) is 12.7 Å². The molecule has 0 aromatic carbocycles. The number of hydrogen-bond acceptors (Lipinski definition) is 1. The Balaban J connectivity index is 3.99. The molecule has 0 aliphatic carbocycles. The Bertz CT molecular complexity index is 202. The molecule has 1 unspecified atom stereocenters. The molecule has 0 spiro atoms. The molecule has 0 radical (unpaired) electrons. The van der Waals surface area contributed by atoms with Crippen LogP contribution in [-0.4, -0.2) is 17.1 Å². The Morgan fingerprint density at radius 2 is 2.17 bits per heavy atom. The van der Waals surface area contributed by atoms with Gasteiger partial charge in [-0.3, -0.25) is 0 Å². The highest BCUT2D eigenvalue weighted by Crippen LogP contribution is 2.24. The standard InChI is InChI=1S/C8H9F3O/c1-2-7(12)8(10,11)5-3-4-6-9/h2,7,12H,1,3,5H2. The number of halogens is 3. The van der Waals surface area contributed by atoms with Gasteiger partial charge >= 0.3 is 0 Å². The minimum atomic E-state index is -3.27. The summed E-state index contributed by atoms with van der Waals surface area (Å²) in [5, 5.41) is 8.68. The highest BCUT2D eigenvalue weighted by atomic mass is 19.3. The fourth-order valence-corrected chi connectivity index (χ4v) is 0.597. The van der Waals surface area contributed by atoms with Crippen molar-refractivity contribution in [1.29, 1.82) is 0 Å². The Morgan fingerprint density at radius 1 is 1.58 bits per heavy atom. The molecule has 0 aromatic rings. The summed E-state index contributed by atoms with van der Waals surface area (Å²) in [5.41, 5.74) is 0. The second kappa shape index (κ2) is 4.83. The quantitative estimate of drug-likeness (QED) is 0.514. The van der Waals surface area contributed by atoms with Crippen LogP contribution in [0.3, 0.4) is 0 Å². The molecule has 68 valence electrons. The molecule has 0 saturated carbocycles. The van der Waals surface area contributed by atoms with E-state index in [1.807, 2.05) is 5.92 Å². The fourth-order valence-electron chi connectivity index (χ4n) is 0.597. The number of aliphatic hydroxyl groups excluding tert-OH is 1. The molecule has 4 heteroatoms. The maximum Gasteiger partial charge on any atom is 0.277 e. The monoisotopic (exact) mass is 178 g/mol. The minimum absolute atomic E-state index is 0.283. The molecule has 0 aliphatic heterocycles. The van der Waals surface area contributed by atoms with E-state index in [1.54, 1.807) is 0 Å². The van der Waals surface area contributed by atoms with Crippen LogP contribution < -0.4 is 0 Å². The second-order valence-electron chi connectivity index (χ2n) is 2.21. The molecule has 0 bridgehead atoms. The molecule has 12 heavy (non-hydrogen) atoms. The van der Waals surface area contributed by atoms with Crippen molar-refractivity contribution in [2.75, 3.05) is 0 Å². The van der Waals surface area contributed by atoms with Crippen LogP contribution in [0.1, 0.15) is 12.8 Å². The van der Waals surface area contributed by atoms with Gasteiger partial charge in [-0.1, -0.05) is 12.0 Å². The average molecular weight is 178 g/mol. The molecule has 0 aromatic heterocycles. The number of aliphatic hydroxyl groups is 1. The van der Waals surface area contributed by atoms with Gasteiger partial charge in [-0.15, -0.1) is 11.0 Å². The van der Waals surface area contributed by atoms with Crippen molar-refractivity contribution in [2.45, 2.75) is 24.9 Å². The van der Waals surface area contributed by atoms with Gasteiger partial charge in [0.1, 0.15) is 12.3 Å². The average Bonchev–Trinajstić information content (AvgIpc) is 2.03. The van der Waals surface area contributed by atoms with Crippen LogP contribution in [0, 0.1) is 12.1 Å². The first-order valence-corrected chi connectivity index (χ1v) is 3.31. The van der Waals surface area contributed by atoms with Gasteiger partial charge in [-0.05, 0) is 0 Å². The maximum absolute atomic E-state index is 12.6. The van der Waals surface area contributed by atoms with Gasteiger partial charge in [-0.2, -0.15) is 0 Å². The van der Waals surface area contributed by atoms with E-state index in [9.17, 15) is 13.2 Å². The molecular formula is C8H9F3O. The molecule has 1 atom stereocenters. The maximum atomic E-state index is 12.6. The Hall–Kier alpha value is -0.950. The fraction of sp³-hybridized carbons (Fsp3) is 0.500. The molecule has 1 N–H and O–H groups in total. The second-order valence-corrected chi connectivity index (χ2v) is 2.21. The van der Waals surface area contributed by atoms with E-state index in [-0.39, 0.29) is 6.42 Å². The van der Waals surface area contributed by atoms with E-state index >= 15 is 0 Å². The smallest absolute Gasteiger partial charge is 0.277 e. The van der Waals surface area contributed by atoms with Gasteiger partial charge in [0.2, 0.25) is 0 Å². The van der Waals surface area contributed by atoms with Crippen molar-refractivity contribution >= 4 is 0 Å². The molecule has 0 amide bonds. The summed E-state index contributed by atoms with van der Waals surface area (Å²) >= 11 is 0. The van der Waals surface area contributed by atoms with Crippen molar-refractivity contribution in [1.82, 2.24) is 0 Å². The van der Waals surface area contributed by atoms with Gasteiger partial charge in [0, 0.05) is 12.8 Å². The van der Waals surface area contributed by atoms with Crippen LogP contribution in [0.15, 0.2) is 12.7 Å². The van der Waals surface area contributed by atoms with Crippen LogP contribution in [0.25, 0.3) is 0 Å². The summed E-state index contributed by atoms with van der Waals surface area (Å²) in [6, 6.07) is 0. The molecular weight excluding hydrogens is 169 g/mol. The zero-order valence-electron chi connectivity index (χ0n) is 6.36. The van der Waals surface area contributed by atoms with E-state index in [1.165, 1.54) is 0 Å². The summed E-state index contributed by atoms with van der Waals surface area (Å²) in [6.07, 6.45) is -1.10. The van der Waals surface area contributed by atoms with Gasteiger partial charge < -0.3 is 5.11 Å². The third-order valence-electron chi connectivity index (χ3n) is 1.31. The predicted molar refractivity (Wildman–Crippen MR) is 39.3 cm³/mol. The summed E-state index contributed by atoms with van der Waals surface area (Å²) in [6.45, 7) is 3.02. The number of alkyl halides is 2. The highest BCUT2D eigenvalue weighted by Gasteiger charge is 2.35. The molecule has 0 fully saturated rings. The highest BCUT2D eigenvalue weighted by molar-refractivity contribution is 4.96. The Labute approximate surface area is 68.9 Å². The van der Waals surface area contributed by atoms with Crippen LogP contribution >= 0.6 is 0 Å². The summed E-state index contributed by atoms with van der Waals surface area (Å²) < 4.78 is 36.4. The van der Waals surface area contributed by atoms with Gasteiger partial charge in [0.15, 0.2) is 0 Å². The molecule has 0 heterocycles. The van der Waals surface area contributed by atoms with Crippen LogP contribution in [0.4, 0.5) is 13.2 Å². The van der Waals surface area contributed by atoms with Crippen LogP contribution in [0.5, 0.6) is 0 Å². The van der Waals surface area contributed by atoms with Gasteiger partial charge in [0.05, 0.1) is 0 Å². The van der Waals surface area contributed by atoms with E-state index in [4.69, 9.17) is 5.11 Å². The largest absolute Gasteiger partial charge is 0.383 e. The predicted octanol–water partition coefficient (Wildman–Crippen LogP) is 1.88. The zero-order chi connectivity index (χ0) is 9.61. The number of rotatable bonds is 4. The lowest BCUT2D eigenvalue weighted by Gasteiger charge is -2.18. The molecule has 0 saturated heterocycles. The summed E-state index contributed by atoms with van der Waals surface area (Å²) in [4.78, 5) is 0. The first kappa shape index (κ1) is 11.1. The van der Waals surface area contributed by atoms with Crippen molar-refractivity contribution in [2.24, 2.45) is 0 Å². The third kappa shape index (κ3) is 3.44. The minimum Gasteiger partial charge on any atom is -0.383 e. The van der Waals surface area contributed by atoms with Crippen LogP contribution in [-0.2, 0) is 0 Å². The summed E-state index contributed by atoms with van der Waals surface area (Å²) in [7, 11) is 0. The first-order valence-electron chi connectivity index (χ1n) is 3.31. The van der Waals surface area contributed by atoms with Crippen molar-refractivity contribution in [3.63, 3.8) is 0 Å². The van der Waals surface area contributed by atoms with Crippen molar-refractivity contribution < 1.29 is 18.3 Å². The van der Waals surface area contributed by atoms with Crippen molar-refractivity contribution in [3.8, 4) is 12.1 Å². The lowest BCUT2D eigenvalue weighted by atomic mass is 10.1. The SMILES string of the molecule is C=CC(O)C(F)(F)CCC#CF.